The van der Waals surface area contributed by atoms with Crippen LogP contribution in [0.3, 0.4) is 0 Å². The van der Waals surface area contributed by atoms with Crippen molar-refractivity contribution < 1.29 is 4.79 Å². The number of carbonyl (C=O) groups is 1. The molecular formula is C12H14BrNOS. The van der Waals surface area contributed by atoms with Crippen molar-refractivity contribution >= 4 is 39.3 Å². The van der Waals surface area contributed by atoms with Crippen LogP contribution >= 0.6 is 27.7 Å². The molecule has 1 heterocycles. The topological polar surface area (TPSA) is 29.1 Å². The highest BCUT2D eigenvalue weighted by molar-refractivity contribution is 9.10. The largest absolute Gasteiger partial charge is 0.325 e. The Bertz CT molecular complexity index is 402. The number of nitrogens with one attached hydrogen (secondary N) is 1. The molecule has 0 radical (unpaired) electrons. The lowest BCUT2D eigenvalue weighted by Gasteiger charge is -2.12. The summed E-state index contributed by atoms with van der Waals surface area (Å²) in [7, 11) is 0. The highest BCUT2D eigenvalue weighted by atomic mass is 79.9. The third kappa shape index (κ3) is 2.80. The molecule has 16 heavy (non-hydrogen) atoms. The van der Waals surface area contributed by atoms with E-state index in [-0.39, 0.29) is 11.2 Å². The molecule has 2 nitrogen and oxygen atoms in total. The van der Waals surface area contributed by atoms with E-state index in [4.69, 9.17) is 0 Å². The quantitative estimate of drug-likeness (QED) is 0.904. The van der Waals surface area contributed by atoms with Crippen LogP contribution in [-0.2, 0) is 4.79 Å². The number of rotatable bonds is 2. The number of hydrogen-bond donors (Lipinski definition) is 1. The summed E-state index contributed by atoms with van der Waals surface area (Å²) in [6, 6.07) is 5.90. The van der Waals surface area contributed by atoms with E-state index in [9.17, 15) is 4.79 Å². The lowest BCUT2D eigenvalue weighted by molar-refractivity contribution is -0.115. The molecule has 0 saturated carbocycles. The standard InChI is InChI=1S/C12H14BrNOS/c1-8-7-9(13)4-5-10(8)14-12(15)11-3-2-6-16-11/h4-5,7,11H,2-3,6H2,1H3,(H,14,15). The third-order valence-corrected chi connectivity index (χ3v) is 4.54. The molecule has 1 N–H and O–H groups in total. The number of carbonyl (C=O) groups excluding carboxylic acids is 1. The van der Waals surface area contributed by atoms with Crippen LogP contribution in [-0.4, -0.2) is 16.9 Å². The van der Waals surface area contributed by atoms with E-state index in [1.807, 2.05) is 25.1 Å². The number of aryl methyl sites for hydroxylation is 1. The maximum atomic E-state index is 11.9. The fourth-order valence-electron chi connectivity index (χ4n) is 1.76. The number of thioether (sulfide) groups is 1. The van der Waals surface area contributed by atoms with Gasteiger partial charge < -0.3 is 5.32 Å². The second-order valence-electron chi connectivity index (χ2n) is 3.95. The Balaban J connectivity index is 2.05. The average molecular weight is 300 g/mol. The fourth-order valence-corrected chi connectivity index (χ4v) is 3.40. The van der Waals surface area contributed by atoms with Gasteiger partial charge in [0.15, 0.2) is 0 Å². The molecule has 1 atom stereocenters. The minimum atomic E-state index is 0.142. The van der Waals surface area contributed by atoms with Crippen molar-refractivity contribution in [2.24, 2.45) is 0 Å². The van der Waals surface area contributed by atoms with Crippen LogP contribution < -0.4 is 5.32 Å². The number of hydrogen-bond acceptors (Lipinski definition) is 2. The van der Waals surface area contributed by atoms with Crippen LogP contribution in [0, 0.1) is 6.92 Å². The maximum absolute atomic E-state index is 11.9. The smallest absolute Gasteiger partial charge is 0.237 e. The molecule has 1 amide bonds. The van der Waals surface area contributed by atoms with E-state index in [1.54, 1.807) is 11.8 Å². The van der Waals surface area contributed by atoms with Crippen molar-refractivity contribution in [3.63, 3.8) is 0 Å². The molecule has 0 spiro atoms. The van der Waals surface area contributed by atoms with Crippen molar-refractivity contribution in [1.29, 1.82) is 0 Å². The van der Waals surface area contributed by atoms with Crippen LogP contribution in [0.25, 0.3) is 0 Å². The molecule has 4 heteroatoms. The summed E-state index contributed by atoms with van der Waals surface area (Å²) in [5.74, 6) is 1.25. The summed E-state index contributed by atoms with van der Waals surface area (Å²) >= 11 is 5.17. The van der Waals surface area contributed by atoms with Crippen molar-refractivity contribution in [1.82, 2.24) is 0 Å². The molecule has 1 aromatic carbocycles. The van der Waals surface area contributed by atoms with Crippen molar-refractivity contribution in [2.75, 3.05) is 11.1 Å². The number of benzene rings is 1. The summed E-state index contributed by atoms with van der Waals surface area (Å²) in [4.78, 5) is 11.9. The van der Waals surface area contributed by atoms with Gasteiger partial charge in [0.05, 0.1) is 5.25 Å². The van der Waals surface area contributed by atoms with Gasteiger partial charge in [-0.15, -0.1) is 11.8 Å². The first-order valence-electron chi connectivity index (χ1n) is 5.35. The van der Waals surface area contributed by atoms with E-state index < -0.39 is 0 Å². The number of halogens is 1. The van der Waals surface area contributed by atoms with E-state index in [2.05, 4.69) is 21.2 Å². The van der Waals surface area contributed by atoms with Crippen molar-refractivity contribution in [2.45, 2.75) is 25.0 Å². The highest BCUT2D eigenvalue weighted by Crippen LogP contribution is 2.28. The maximum Gasteiger partial charge on any atom is 0.237 e. The third-order valence-electron chi connectivity index (χ3n) is 2.67. The van der Waals surface area contributed by atoms with E-state index >= 15 is 0 Å². The van der Waals surface area contributed by atoms with Gasteiger partial charge in [0, 0.05) is 10.2 Å². The molecule has 1 aliphatic heterocycles. The number of anilines is 1. The van der Waals surface area contributed by atoms with Crippen molar-refractivity contribution in [3.8, 4) is 0 Å². The first-order valence-corrected chi connectivity index (χ1v) is 7.19. The summed E-state index contributed by atoms with van der Waals surface area (Å²) in [6.07, 6.45) is 2.16. The summed E-state index contributed by atoms with van der Waals surface area (Å²) in [6.45, 7) is 2.00. The van der Waals surface area contributed by atoms with Gasteiger partial charge in [0.1, 0.15) is 0 Å². The molecule has 0 bridgehead atoms. The van der Waals surface area contributed by atoms with Gasteiger partial charge >= 0.3 is 0 Å². The van der Waals surface area contributed by atoms with Gasteiger partial charge in [-0.2, -0.15) is 0 Å². The monoisotopic (exact) mass is 299 g/mol. The van der Waals surface area contributed by atoms with Gasteiger partial charge in [-0.25, -0.2) is 0 Å². The predicted octanol–water partition coefficient (Wildman–Crippen LogP) is 3.59. The van der Waals surface area contributed by atoms with Gasteiger partial charge in [0.25, 0.3) is 0 Å². The normalized spacial score (nSPS) is 19.8. The highest BCUT2D eigenvalue weighted by Gasteiger charge is 2.23. The summed E-state index contributed by atoms with van der Waals surface area (Å²) < 4.78 is 1.04. The molecule has 86 valence electrons. The molecule has 1 saturated heterocycles. The first kappa shape index (κ1) is 12.0. The van der Waals surface area contributed by atoms with Crippen LogP contribution in [0.15, 0.2) is 22.7 Å². The van der Waals surface area contributed by atoms with Crippen LogP contribution in [0.2, 0.25) is 0 Å². The lowest BCUT2D eigenvalue weighted by atomic mass is 10.2. The Labute approximate surface area is 108 Å². The van der Waals surface area contributed by atoms with Gasteiger partial charge in [-0.05, 0) is 49.3 Å². The SMILES string of the molecule is Cc1cc(Br)ccc1NC(=O)C1CCCS1. The molecule has 2 rings (SSSR count). The Morgan fingerprint density at radius 2 is 2.38 bits per heavy atom. The zero-order chi connectivity index (χ0) is 11.5. The second kappa shape index (κ2) is 5.23. The second-order valence-corrected chi connectivity index (χ2v) is 6.18. The Morgan fingerprint density at radius 1 is 1.56 bits per heavy atom. The Kier molecular flexibility index (Phi) is 3.92. The Hall–Kier alpha value is -0.480. The van der Waals surface area contributed by atoms with E-state index in [0.717, 1.165) is 34.3 Å². The predicted molar refractivity (Wildman–Crippen MR) is 73.0 cm³/mol. The molecule has 1 aromatic rings. The summed E-state index contributed by atoms with van der Waals surface area (Å²) in [5.41, 5.74) is 2.01. The van der Waals surface area contributed by atoms with Gasteiger partial charge in [-0.3, -0.25) is 4.79 Å². The first-order chi connectivity index (χ1) is 7.66. The van der Waals surface area contributed by atoms with Crippen LogP contribution in [0.1, 0.15) is 18.4 Å². The summed E-state index contributed by atoms with van der Waals surface area (Å²) in [5, 5.41) is 3.14. The molecule has 0 aromatic heterocycles. The molecule has 1 unspecified atom stereocenters. The molecule has 0 aliphatic carbocycles. The van der Waals surface area contributed by atoms with E-state index in [1.165, 1.54) is 0 Å². The lowest BCUT2D eigenvalue weighted by Crippen LogP contribution is -2.23. The zero-order valence-electron chi connectivity index (χ0n) is 9.13. The molecular weight excluding hydrogens is 286 g/mol. The Morgan fingerprint density at radius 3 is 3.00 bits per heavy atom. The molecule has 1 aliphatic rings. The van der Waals surface area contributed by atoms with Gasteiger partial charge in [0.2, 0.25) is 5.91 Å². The van der Waals surface area contributed by atoms with Crippen LogP contribution in [0.5, 0.6) is 0 Å². The minimum absolute atomic E-state index is 0.142. The fraction of sp³-hybridized carbons (Fsp3) is 0.417. The van der Waals surface area contributed by atoms with Gasteiger partial charge in [-0.1, -0.05) is 15.9 Å². The van der Waals surface area contributed by atoms with Crippen LogP contribution in [0.4, 0.5) is 5.69 Å². The number of amides is 1. The van der Waals surface area contributed by atoms with Crippen molar-refractivity contribution in [3.05, 3.63) is 28.2 Å². The molecule has 1 fully saturated rings. The van der Waals surface area contributed by atoms with E-state index in [0.29, 0.717) is 0 Å². The zero-order valence-corrected chi connectivity index (χ0v) is 11.5. The minimum Gasteiger partial charge on any atom is -0.325 e. The average Bonchev–Trinajstić information content (AvgIpc) is 2.75.